The first-order chi connectivity index (χ1) is 13.6. The molecule has 0 aliphatic heterocycles. The molecule has 28 heavy (non-hydrogen) atoms. The Hall–Kier alpha value is -3.67. The van der Waals surface area contributed by atoms with Crippen LogP contribution in [0.4, 0.5) is 22.7 Å². The van der Waals surface area contributed by atoms with Crippen LogP contribution in [-0.2, 0) is 4.79 Å². The standard InChI is InChI=1S/C22H22N4O2/c1-3-26(21-10-5-4-6-11-21)22(28)17-12-20(15-23-14-17)25-19-9-7-8-18(13-19)24-16(2)27/h4-15,25H,3H2,1-2H3,(H,24,27). The highest BCUT2D eigenvalue weighted by Crippen LogP contribution is 2.22. The van der Waals surface area contributed by atoms with Crippen LogP contribution in [0.1, 0.15) is 24.2 Å². The number of para-hydroxylation sites is 1. The summed E-state index contributed by atoms with van der Waals surface area (Å²) in [6.07, 6.45) is 3.22. The van der Waals surface area contributed by atoms with E-state index in [4.69, 9.17) is 0 Å². The van der Waals surface area contributed by atoms with Crippen LogP contribution in [0.2, 0.25) is 0 Å². The number of carbonyl (C=O) groups is 2. The molecule has 0 fully saturated rings. The van der Waals surface area contributed by atoms with Crippen LogP contribution in [0.15, 0.2) is 73.1 Å². The maximum absolute atomic E-state index is 13.0. The SMILES string of the molecule is CCN(C(=O)c1cncc(Nc2cccc(NC(C)=O)c2)c1)c1ccccc1. The predicted octanol–water partition coefficient (Wildman–Crippen LogP) is 4.45. The van der Waals surface area contributed by atoms with Crippen molar-refractivity contribution >= 4 is 34.6 Å². The van der Waals surface area contributed by atoms with Gasteiger partial charge in [-0.15, -0.1) is 0 Å². The van der Waals surface area contributed by atoms with Crippen molar-refractivity contribution in [1.82, 2.24) is 4.98 Å². The molecule has 0 saturated carbocycles. The Morgan fingerprint density at radius 3 is 2.39 bits per heavy atom. The van der Waals surface area contributed by atoms with Gasteiger partial charge in [-0.2, -0.15) is 0 Å². The van der Waals surface area contributed by atoms with Crippen molar-refractivity contribution in [1.29, 1.82) is 0 Å². The van der Waals surface area contributed by atoms with Gasteiger partial charge in [0.05, 0.1) is 17.4 Å². The third-order valence-corrected chi connectivity index (χ3v) is 4.09. The highest BCUT2D eigenvalue weighted by Gasteiger charge is 2.16. The molecule has 2 amide bonds. The first kappa shape index (κ1) is 19.1. The first-order valence-corrected chi connectivity index (χ1v) is 9.03. The zero-order chi connectivity index (χ0) is 19.9. The molecule has 0 aliphatic rings. The van der Waals surface area contributed by atoms with Crippen LogP contribution in [0.3, 0.4) is 0 Å². The van der Waals surface area contributed by atoms with Gasteiger partial charge >= 0.3 is 0 Å². The highest BCUT2D eigenvalue weighted by atomic mass is 16.2. The summed E-state index contributed by atoms with van der Waals surface area (Å²) in [6, 6.07) is 18.7. The van der Waals surface area contributed by atoms with Gasteiger partial charge in [0, 0.05) is 36.7 Å². The van der Waals surface area contributed by atoms with Crippen LogP contribution in [0.5, 0.6) is 0 Å². The average Bonchev–Trinajstić information content (AvgIpc) is 2.69. The zero-order valence-corrected chi connectivity index (χ0v) is 15.8. The zero-order valence-electron chi connectivity index (χ0n) is 15.8. The maximum atomic E-state index is 13.0. The van der Waals surface area contributed by atoms with E-state index in [2.05, 4.69) is 15.6 Å². The molecular formula is C22H22N4O2. The second kappa shape index (κ2) is 8.81. The fourth-order valence-electron chi connectivity index (χ4n) is 2.88. The summed E-state index contributed by atoms with van der Waals surface area (Å²) in [5.74, 6) is -0.246. The number of rotatable bonds is 6. The van der Waals surface area contributed by atoms with Gasteiger partial charge in [0.2, 0.25) is 5.91 Å². The Kier molecular flexibility index (Phi) is 6.01. The van der Waals surface area contributed by atoms with E-state index in [1.54, 1.807) is 23.4 Å². The van der Waals surface area contributed by atoms with Crippen molar-refractivity contribution in [2.45, 2.75) is 13.8 Å². The number of nitrogens with zero attached hydrogens (tertiary/aromatic N) is 2. The number of aromatic nitrogens is 1. The molecular weight excluding hydrogens is 352 g/mol. The van der Waals surface area contributed by atoms with Gasteiger partial charge in [0.15, 0.2) is 0 Å². The van der Waals surface area contributed by atoms with Crippen molar-refractivity contribution in [3.63, 3.8) is 0 Å². The lowest BCUT2D eigenvalue weighted by Gasteiger charge is -2.21. The Balaban J connectivity index is 1.80. The van der Waals surface area contributed by atoms with Gasteiger partial charge in [-0.05, 0) is 43.3 Å². The fraction of sp³-hybridized carbons (Fsp3) is 0.136. The molecule has 6 nitrogen and oxygen atoms in total. The van der Waals surface area contributed by atoms with Gasteiger partial charge < -0.3 is 15.5 Å². The fourth-order valence-corrected chi connectivity index (χ4v) is 2.88. The Bertz CT molecular complexity index is 973. The average molecular weight is 374 g/mol. The second-order valence-corrected chi connectivity index (χ2v) is 6.23. The number of hydrogen-bond acceptors (Lipinski definition) is 4. The summed E-state index contributed by atoms with van der Waals surface area (Å²) in [5.41, 5.74) is 3.51. The van der Waals surface area contributed by atoms with Crippen LogP contribution >= 0.6 is 0 Å². The first-order valence-electron chi connectivity index (χ1n) is 9.03. The van der Waals surface area contributed by atoms with Gasteiger partial charge in [0.1, 0.15) is 0 Å². The summed E-state index contributed by atoms with van der Waals surface area (Å²) in [4.78, 5) is 30.1. The Morgan fingerprint density at radius 1 is 0.929 bits per heavy atom. The van der Waals surface area contributed by atoms with Crippen molar-refractivity contribution < 1.29 is 9.59 Å². The van der Waals surface area contributed by atoms with Crippen LogP contribution in [0.25, 0.3) is 0 Å². The van der Waals surface area contributed by atoms with E-state index >= 15 is 0 Å². The molecule has 1 aromatic heterocycles. The lowest BCUT2D eigenvalue weighted by atomic mass is 10.2. The smallest absolute Gasteiger partial charge is 0.259 e. The van der Waals surface area contributed by atoms with E-state index < -0.39 is 0 Å². The molecule has 3 rings (SSSR count). The number of nitrogens with one attached hydrogen (secondary N) is 2. The van der Waals surface area contributed by atoms with E-state index in [-0.39, 0.29) is 11.8 Å². The Labute approximate surface area is 164 Å². The molecule has 0 spiro atoms. The Morgan fingerprint density at radius 2 is 1.68 bits per heavy atom. The summed E-state index contributed by atoms with van der Waals surface area (Å²) >= 11 is 0. The summed E-state index contributed by atoms with van der Waals surface area (Å²) in [6.45, 7) is 3.96. The molecule has 0 saturated heterocycles. The minimum atomic E-state index is -0.132. The number of carbonyl (C=O) groups excluding carboxylic acids is 2. The minimum absolute atomic E-state index is 0.114. The number of pyridine rings is 1. The topological polar surface area (TPSA) is 74.3 Å². The van der Waals surface area contributed by atoms with E-state index in [9.17, 15) is 9.59 Å². The van der Waals surface area contributed by atoms with E-state index in [1.807, 2.05) is 61.5 Å². The second-order valence-electron chi connectivity index (χ2n) is 6.23. The molecule has 142 valence electrons. The number of anilines is 4. The van der Waals surface area contributed by atoms with Crippen LogP contribution < -0.4 is 15.5 Å². The maximum Gasteiger partial charge on any atom is 0.259 e. The molecule has 0 bridgehead atoms. The van der Waals surface area contributed by atoms with Gasteiger partial charge in [-0.25, -0.2) is 0 Å². The summed E-state index contributed by atoms with van der Waals surface area (Å²) in [7, 11) is 0. The molecule has 0 aliphatic carbocycles. The molecule has 2 aromatic carbocycles. The predicted molar refractivity (Wildman–Crippen MR) is 112 cm³/mol. The van der Waals surface area contributed by atoms with Crippen molar-refractivity contribution in [2.75, 3.05) is 22.1 Å². The molecule has 0 unspecified atom stereocenters. The van der Waals surface area contributed by atoms with Gasteiger partial charge in [-0.1, -0.05) is 24.3 Å². The van der Waals surface area contributed by atoms with Crippen molar-refractivity contribution in [3.8, 4) is 0 Å². The highest BCUT2D eigenvalue weighted by molar-refractivity contribution is 6.06. The minimum Gasteiger partial charge on any atom is -0.354 e. The van der Waals surface area contributed by atoms with E-state index in [1.165, 1.54) is 6.92 Å². The van der Waals surface area contributed by atoms with Crippen molar-refractivity contribution in [2.24, 2.45) is 0 Å². The van der Waals surface area contributed by atoms with Crippen molar-refractivity contribution in [3.05, 3.63) is 78.6 Å². The normalized spacial score (nSPS) is 10.2. The third-order valence-electron chi connectivity index (χ3n) is 4.09. The lowest BCUT2D eigenvalue weighted by Crippen LogP contribution is -2.30. The largest absolute Gasteiger partial charge is 0.354 e. The van der Waals surface area contributed by atoms with E-state index in [0.29, 0.717) is 23.5 Å². The number of benzene rings is 2. The number of amides is 2. The summed E-state index contributed by atoms with van der Waals surface area (Å²) in [5, 5.41) is 5.97. The van der Waals surface area contributed by atoms with E-state index in [0.717, 1.165) is 11.4 Å². The number of hydrogen-bond donors (Lipinski definition) is 2. The molecule has 3 aromatic rings. The van der Waals surface area contributed by atoms with Crippen LogP contribution in [-0.4, -0.2) is 23.3 Å². The summed E-state index contributed by atoms with van der Waals surface area (Å²) < 4.78 is 0. The molecule has 6 heteroatoms. The molecule has 1 heterocycles. The monoisotopic (exact) mass is 374 g/mol. The quantitative estimate of drug-likeness (QED) is 0.668. The van der Waals surface area contributed by atoms with Gasteiger partial charge in [0.25, 0.3) is 5.91 Å². The molecule has 0 atom stereocenters. The van der Waals surface area contributed by atoms with Crippen LogP contribution in [0, 0.1) is 0 Å². The molecule has 2 N–H and O–H groups in total. The third kappa shape index (κ3) is 4.73. The van der Waals surface area contributed by atoms with Gasteiger partial charge in [-0.3, -0.25) is 14.6 Å². The molecule has 0 radical (unpaired) electrons. The lowest BCUT2D eigenvalue weighted by molar-refractivity contribution is -0.114.